The van der Waals surface area contributed by atoms with Crippen LogP contribution in [0.3, 0.4) is 0 Å². The van der Waals surface area contributed by atoms with E-state index in [2.05, 4.69) is 0 Å². The summed E-state index contributed by atoms with van der Waals surface area (Å²) in [6, 6.07) is 5.88. The summed E-state index contributed by atoms with van der Waals surface area (Å²) in [5, 5.41) is 0.172. The van der Waals surface area contributed by atoms with Crippen LogP contribution in [0.5, 0.6) is 0 Å². The number of rotatable bonds is 2. The average Bonchev–Trinajstić information content (AvgIpc) is 3.06. The first kappa shape index (κ1) is 15.5. The van der Waals surface area contributed by atoms with Crippen LogP contribution < -0.4 is 5.63 Å². The molecular weight excluding hydrogens is 299 g/mol. The highest BCUT2D eigenvalue weighted by atomic mass is 19.2. The van der Waals surface area contributed by atoms with Gasteiger partial charge in [-0.15, -0.1) is 9.86 Å². The second-order valence-corrected chi connectivity index (χ2v) is 6.17. The summed E-state index contributed by atoms with van der Waals surface area (Å²) in [5.74, 6) is -0.0967. The van der Waals surface area contributed by atoms with Gasteiger partial charge in [0, 0.05) is 0 Å². The van der Waals surface area contributed by atoms with E-state index in [0.29, 0.717) is 17.7 Å². The highest BCUT2D eigenvalue weighted by molar-refractivity contribution is 5.76. The molecule has 23 heavy (non-hydrogen) atoms. The monoisotopic (exact) mass is 318 g/mol. The molecule has 122 valence electrons. The maximum atomic E-state index is 14.7. The Morgan fingerprint density at radius 3 is 2.74 bits per heavy atom. The molecule has 0 N–H and O–H groups in total. The van der Waals surface area contributed by atoms with Crippen LogP contribution in [0.15, 0.2) is 33.6 Å². The number of aryl methyl sites for hydroxylation is 1. The molecule has 1 aromatic heterocycles. The van der Waals surface area contributed by atoms with Crippen molar-refractivity contribution in [1.82, 2.24) is 9.86 Å². The Morgan fingerprint density at radius 1 is 1.39 bits per heavy atom. The Kier molecular flexibility index (Phi) is 3.83. The molecule has 1 unspecified atom stereocenters. The lowest BCUT2D eigenvalue weighted by molar-refractivity contribution is 0.0128. The Bertz CT molecular complexity index is 806. The number of carbonyl (C=O) groups excluding carboxylic acids is 1. The van der Waals surface area contributed by atoms with Gasteiger partial charge in [0.05, 0.1) is 17.3 Å². The van der Waals surface area contributed by atoms with Crippen molar-refractivity contribution >= 4 is 6.03 Å². The molecule has 0 fully saturated rings. The number of carbonyl (C=O) groups is 1. The number of aromatic nitrogens is 1. The molecule has 1 atom stereocenters. The zero-order chi connectivity index (χ0) is 16.7. The van der Waals surface area contributed by atoms with E-state index < -0.39 is 17.7 Å². The van der Waals surface area contributed by atoms with Crippen molar-refractivity contribution < 1.29 is 13.8 Å². The molecule has 3 rings (SSSR count). The minimum Gasteiger partial charge on any atom is -0.327 e. The predicted octanol–water partition coefficient (Wildman–Crippen LogP) is 3.72. The largest absolute Gasteiger partial charge is 0.386 e. The van der Waals surface area contributed by atoms with Crippen molar-refractivity contribution in [1.29, 1.82) is 0 Å². The molecule has 0 aliphatic heterocycles. The van der Waals surface area contributed by atoms with Crippen molar-refractivity contribution in [3.8, 4) is 0 Å². The number of halogens is 1. The zero-order valence-corrected chi connectivity index (χ0v) is 13.4. The van der Waals surface area contributed by atoms with Crippen LogP contribution in [0, 0.1) is 6.92 Å². The van der Waals surface area contributed by atoms with E-state index in [1.54, 1.807) is 6.92 Å². The zero-order valence-electron chi connectivity index (χ0n) is 13.4. The maximum Gasteiger partial charge on any atom is 0.386 e. The second kappa shape index (κ2) is 5.68. The van der Waals surface area contributed by atoms with E-state index in [1.807, 2.05) is 38.1 Å². The van der Waals surface area contributed by atoms with E-state index in [-0.39, 0.29) is 11.0 Å². The first-order valence-corrected chi connectivity index (χ1v) is 7.71. The lowest BCUT2D eigenvalue weighted by Crippen LogP contribution is -2.31. The Labute approximate surface area is 133 Å². The van der Waals surface area contributed by atoms with Gasteiger partial charge in [0.2, 0.25) is 0 Å². The fourth-order valence-corrected chi connectivity index (χ4v) is 3.28. The van der Waals surface area contributed by atoms with Crippen LogP contribution in [0.1, 0.15) is 54.6 Å². The molecule has 0 bridgehead atoms. The third-order valence-electron chi connectivity index (χ3n) is 4.40. The van der Waals surface area contributed by atoms with Crippen LogP contribution in [0.2, 0.25) is 0 Å². The summed E-state index contributed by atoms with van der Waals surface area (Å²) in [5.41, 5.74) is 2.01. The molecule has 0 saturated carbocycles. The Morgan fingerprint density at radius 2 is 2.09 bits per heavy atom. The van der Waals surface area contributed by atoms with Crippen molar-refractivity contribution in [2.24, 2.45) is 0 Å². The fourth-order valence-electron chi connectivity index (χ4n) is 3.28. The van der Waals surface area contributed by atoms with Gasteiger partial charge < -0.3 is 4.52 Å². The molecule has 1 amide bonds. The van der Waals surface area contributed by atoms with Gasteiger partial charge in [0.15, 0.2) is 0 Å². The predicted molar refractivity (Wildman–Crippen MR) is 83.0 cm³/mol. The van der Waals surface area contributed by atoms with Gasteiger partial charge in [0.1, 0.15) is 0 Å². The quantitative estimate of drug-likeness (QED) is 0.793. The molecule has 0 spiro atoms. The van der Waals surface area contributed by atoms with E-state index in [1.165, 1.54) is 0 Å². The second-order valence-electron chi connectivity index (χ2n) is 6.17. The summed E-state index contributed by atoms with van der Waals surface area (Å²) in [6.45, 7) is 5.25. The first-order chi connectivity index (χ1) is 10.9. The molecule has 0 radical (unpaired) electrons. The van der Waals surface area contributed by atoms with E-state index in [0.717, 1.165) is 22.3 Å². The maximum absolute atomic E-state index is 14.7. The van der Waals surface area contributed by atoms with Gasteiger partial charge in [-0.1, -0.05) is 42.6 Å². The standard InChI is InChI=1S/C17H19FN2O3/c1-10(2)15-11(3)20(23-16(15)21)17(22)19(18)14-9-8-12-6-4-5-7-13(12)14/h4-7,10,14H,8-9H2,1-3H3. The van der Waals surface area contributed by atoms with Crippen LogP contribution in [-0.4, -0.2) is 15.9 Å². The number of hydrogen-bond donors (Lipinski definition) is 0. The number of fused-ring (bicyclic) bond motifs is 1. The number of nitrogens with zero attached hydrogens (tertiary/aromatic N) is 2. The number of benzene rings is 1. The van der Waals surface area contributed by atoms with Gasteiger partial charge >= 0.3 is 11.7 Å². The summed E-state index contributed by atoms with van der Waals surface area (Å²) in [6.07, 6.45) is 1.24. The molecule has 6 heteroatoms. The van der Waals surface area contributed by atoms with Crippen LogP contribution in [0.4, 0.5) is 9.28 Å². The molecule has 5 nitrogen and oxygen atoms in total. The van der Waals surface area contributed by atoms with Gasteiger partial charge in [-0.05, 0) is 36.8 Å². The summed E-state index contributed by atoms with van der Waals surface area (Å²) in [4.78, 5) is 24.3. The molecule has 1 aliphatic rings. The van der Waals surface area contributed by atoms with Crippen LogP contribution >= 0.6 is 0 Å². The summed E-state index contributed by atoms with van der Waals surface area (Å²) >= 11 is 0. The highest BCUT2D eigenvalue weighted by Crippen LogP contribution is 2.36. The Hall–Kier alpha value is -2.37. The highest BCUT2D eigenvalue weighted by Gasteiger charge is 2.34. The van der Waals surface area contributed by atoms with Crippen LogP contribution in [0.25, 0.3) is 0 Å². The van der Waals surface area contributed by atoms with Crippen molar-refractivity contribution in [3.05, 3.63) is 57.1 Å². The van der Waals surface area contributed by atoms with Crippen LogP contribution in [-0.2, 0) is 6.42 Å². The average molecular weight is 318 g/mol. The van der Waals surface area contributed by atoms with E-state index in [9.17, 15) is 14.1 Å². The number of hydrogen-bond acceptors (Lipinski definition) is 3. The van der Waals surface area contributed by atoms with Gasteiger partial charge in [-0.3, -0.25) is 0 Å². The van der Waals surface area contributed by atoms with Gasteiger partial charge in [-0.2, -0.15) is 0 Å². The van der Waals surface area contributed by atoms with Gasteiger partial charge in [-0.25, -0.2) is 9.59 Å². The SMILES string of the molecule is Cc1c(C(C)C)c(=O)on1C(=O)N(F)C1CCc2ccccc21. The molecule has 1 aliphatic carbocycles. The minimum atomic E-state index is -0.965. The molecular formula is C17H19FN2O3. The molecule has 1 heterocycles. The first-order valence-electron chi connectivity index (χ1n) is 7.71. The molecule has 2 aromatic rings. The van der Waals surface area contributed by atoms with E-state index in [4.69, 9.17) is 4.52 Å². The lowest BCUT2D eigenvalue weighted by Gasteiger charge is -2.20. The molecule has 1 aromatic carbocycles. The minimum absolute atomic E-state index is 0.0967. The van der Waals surface area contributed by atoms with Crippen molar-refractivity contribution in [3.63, 3.8) is 0 Å². The van der Waals surface area contributed by atoms with Gasteiger partial charge in [0.25, 0.3) is 0 Å². The Balaban J connectivity index is 1.93. The van der Waals surface area contributed by atoms with E-state index >= 15 is 0 Å². The van der Waals surface area contributed by atoms with Crippen molar-refractivity contribution in [2.45, 2.75) is 45.6 Å². The molecule has 0 saturated heterocycles. The third-order valence-corrected chi connectivity index (χ3v) is 4.40. The smallest absolute Gasteiger partial charge is 0.327 e. The number of amides is 1. The fraction of sp³-hybridized carbons (Fsp3) is 0.412. The summed E-state index contributed by atoms with van der Waals surface area (Å²) < 4.78 is 20.4. The normalized spacial score (nSPS) is 16.7. The van der Waals surface area contributed by atoms with Crippen molar-refractivity contribution in [2.75, 3.05) is 0 Å². The summed E-state index contributed by atoms with van der Waals surface area (Å²) in [7, 11) is 0. The third kappa shape index (κ3) is 2.48. The lowest BCUT2D eigenvalue weighted by atomic mass is 10.1. The topological polar surface area (TPSA) is 55.5 Å².